The number of ketones is 2. The molecule has 2 aromatic rings. The standard InChI is InChI=1S/2C20H21ClI3NO8/c1-8(27)31-7-12(29)25-18-16(23)13(15(22)14(17(18)24)19(21)30)9(28)4-5-10-11(6-26)33-20(2,3)32-10;1-8(26)31-7-12(29)25-18-16(23)13(15(22)14(17(18)24)19(21)30)10(28)5-4-9(27)11-6-32-20(2,3)33-11/h10-11,26H,4-7H2,1-3H3,(H,25,29);9,11,27H,4-7H2,1-3H3,(H,25,29). The van der Waals surface area contributed by atoms with Gasteiger partial charge >= 0.3 is 11.9 Å². The quantitative estimate of drug-likeness (QED) is 0.0482. The van der Waals surface area contributed by atoms with Gasteiger partial charge in [0.05, 0.1) is 55.1 Å². The van der Waals surface area contributed by atoms with E-state index in [0.29, 0.717) is 21.4 Å². The third-order valence-corrected chi connectivity index (χ3v) is 16.0. The first-order valence-corrected chi connectivity index (χ1v) is 26.5. The summed E-state index contributed by atoms with van der Waals surface area (Å²) in [4.78, 5) is 97.1. The van der Waals surface area contributed by atoms with E-state index in [9.17, 15) is 48.6 Å². The van der Waals surface area contributed by atoms with Crippen LogP contribution in [0.1, 0.15) is 109 Å². The highest BCUT2D eigenvalue weighted by Gasteiger charge is 2.41. The lowest BCUT2D eigenvalue weighted by Crippen LogP contribution is -2.31. The third kappa shape index (κ3) is 16.6. The molecular formula is C40H42Cl2I6N2O16. The molecule has 2 fully saturated rings. The summed E-state index contributed by atoms with van der Waals surface area (Å²) < 4.78 is 34.2. The Balaban J connectivity index is 0.000000350. The predicted molar refractivity (Wildman–Crippen MR) is 289 cm³/mol. The summed E-state index contributed by atoms with van der Waals surface area (Å²) >= 11 is 22.9. The van der Waals surface area contributed by atoms with Crippen molar-refractivity contribution in [3.05, 3.63) is 43.7 Å². The van der Waals surface area contributed by atoms with Crippen LogP contribution in [0.15, 0.2) is 0 Å². The second-order valence-electron chi connectivity index (χ2n) is 15.1. The molecule has 18 nitrogen and oxygen atoms in total. The van der Waals surface area contributed by atoms with Crippen LogP contribution in [0.4, 0.5) is 11.4 Å². The molecule has 2 heterocycles. The van der Waals surface area contributed by atoms with E-state index in [1.807, 2.05) is 136 Å². The first kappa shape index (κ1) is 60.0. The highest BCUT2D eigenvalue weighted by atomic mass is 127. The van der Waals surface area contributed by atoms with Crippen LogP contribution in [0.5, 0.6) is 0 Å². The van der Waals surface area contributed by atoms with Crippen LogP contribution in [0, 0.1) is 21.4 Å². The second kappa shape index (κ2) is 26.4. The minimum Gasteiger partial charge on any atom is -0.456 e. The monoisotopic (exact) mass is 1640 g/mol. The fraction of sp³-hybridized carbons (Fsp3) is 0.500. The number of anilines is 2. The van der Waals surface area contributed by atoms with Gasteiger partial charge in [0.2, 0.25) is 0 Å². The summed E-state index contributed by atoms with van der Waals surface area (Å²) in [5, 5.41) is 23.6. The van der Waals surface area contributed by atoms with E-state index >= 15 is 0 Å². The number of benzene rings is 2. The Morgan fingerprint density at radius 3 is 1.44 bits per heavy atom. The van der Waals surface area contributed by atoms with Crippen LogP contribution in [-0.4, -0.2) is 118 Å². The molecule has 0 saturated carbocycles. The van der Waals surface area contributed by atoms with Crippen molar-refractivity contribution in [2.45, 2.75) is 103 Å². The predicted octanol–water partition coefficient (Wildman–Crippen LogP) is 7.71. The first-order chi connectivity index (χ1) is 30.5. The van der Waals surface area contributed by atoms with Crippen molar-refractivity contribution in [1.29, 1.82) is 0 Å². The third-order valence-electron chi connectivity index (χ3n) is 9.17. The van der Waals surface area contributed by atoms with Crippen LogP contribution in [-0.2, 0) is 47.6 Å². The van der Waals surface area contributed by atoms with Gasteiger partial charge in [-0.2, -0.15) is 0 Å². The lowest BCUT2D eigenvalue weighted by atomic mass is 10.00. The Labute approximate surface area is 471 Å². The molecule has 4 atom stereocenters. The van der Waals surface area contributed by atoms with Crippen LogP contribution in [0.25, 0.3) is 0 Å². The van der Waals surface area contributed by atoms with Gasteiger partial charge in [-0.1, -0.05) is 0 Å². The summed E-state index contributed by atoms with van der Waals surface area (Å²) in [6.45, 7) is 8.21. The van der Waals surface area contributed by atoms with Crippen LogP contribution < -0.4 is 10.6 Å². The molecule has 2 aliphatic heterocycles. The number of hydrogen-bond acceptors (Lipinski definition) is 16. The Kier molecular flexibility index (Phi) is 24.0. The molecule has 0 bridgehead atoms. The van der Waals surface area contributed by atoms with Crippen LogP contribution in [0.3, 0.4) is 0 Å². The lowest BCUT2D eigenvalue weighted by Gasteiger charge is -2.21. The van der Waals surface area contributed by atoms with Gasteiger partial charge in [0.1, 0.15) is 12.2 Å². The number of ether oxygens (including phenoxy) is 6. The number of hydrogen-bond donors (Lipinski definition) is 4. The number of rotatable bonds is 18. The molecule has 2 saturated heterocycles. The summed E-state index contributed by atoms with van der Waals surface area (Å²) in [5.74, 6) is -4.80. The van der Waals surface area contributed by atoms with Crippen molar-refractivity contribution >= 4 is 216 Å². The molecule has 4 N–H and O–H groups in total. The molecule has 2 aliphatic rings. The Hall–Kier alpha value is -0.280. The number of nitrogens with one attached hydrogen (secondary N) is 2. The highest BCUT2D eigenvalue weighted by Crippen LogP contribution is 2.40. The van der Waals surface area contributed by atoms with Gasteiger partial charge < -0.3 is 49.3 Å². The van der Waals surface area contributed by atoms with Crippen LogP contribution >= 0.6 is 159 Å². The van der Waals surface area contributed by atoms with Crippen molar-refractivity contribution < 1.29 is 77.0 Å². The molecule has 2 aromatic carbocycles. The Bertz CT molecular complexity index is 2280. The number of halogens is 8. The summed E-state index contributed by atoms with van der Waals surface area (Å²) in [6.07, 6.45) is -2.12. The average molecular weight is 1640 g/mol. The number of carbonyl (C=O) groups excluding carboxylic acids is 8. The smallest absolute Gasteiger partial charge is 0.303 e. The van der Waals surface area contributed by atoms with Crippen molar-refractivity contribution in [1.82, 2.24) is 0 Å². The maximum atomic E-state index is 13.2. The maximum absolute atomic E-state index is 13.2. The number of aliphatic hydroxyl groups excluding tert-OH is 2. The van der Waals surface area contributed by atoms with Crippen molar-refractivity contribution in [3.63, 3.8) is 0 Å². The van der Waals surface area contributed by atoms with E-state index in [4.69, 9.17) is 51.6 Å². The SMILES string of the molecule is CC(=O)OCC(=O)Nc1c(I)c(C(=O)Cl)c(I)c(C(=O)CCC(O)C2COC(C)(C)O2)c1I.CC(=O)OCC(=O)Nc1c(I)c(C(=O)Cl)c(I)c(C(=O)CCC2OC(C)(C)OC2CO)c1I. The van der Waals surface area contributed by atoms with Gasteiger partial charge in [-0.05, 0) is 199 Å². The number of Topliss-reactive ketones (excluding diaryl/α,β-unsaturated/α-hetero) is 2. The van der Waals surface area contributed by atoms with Crippen molar-refractivity contribution in [2.24, 2.45) is 0 Å². The van der Waals surface area contributed by atoms with Crippen molar-refractivity contribution in [3.8, 4) is 0 Å². The molecule has 66 heavy (non-hydrogen) atoms. The first-order valence-electron chi connectivity index (χ1n) is 19.2. The molecule has 0 aliphatic carbocycles. The van der Waals surface area contributed by atoms with E-state index in [0.717, 1.165) is 0 Å². The summed E-state index contributed by atoms with van der Waals surface area (Å²) in [6, 6.07) is 0. The number of aliphatic hydroxyl groups is 2. The van der Waals surface area contributed by atoms with E-state index in [2.05, 4.69) is 10.6 Å². The van der Waals surface area contributed by atoms with Crippen molar-refractivity contribution in [2.75, 3.05) is 37.1 Å². The lowest BCUT2D eigenvalue weighted by molar-refractivity contribution is -0.151. The fourth-order valence-corrected chi connectivity index (χ4v) is 16.3. The van der Waals surface area contributed by atoms with Gasteiger partial charge in [0.25, 0.3) is 22.3 Å². The molecule has 4 rings (SSSR count). The minimum atomic E-state index is -0.924. The molecule has 26 heteroatoms. The number of carbonyl (C=O) groups is 8. The molecule has 2 amide bonds. The molecular weight excluding hydrogens is 1600 g/mol. The van der Waals surface area contributed by atoms with E-state index < -0.39 is 83.4 Å². The van der Waals surface area contributed by atoms with E-state index in [1.54, 1.807) is 27.7 Å². The summed E-state index contributed by atoms with van der Waals surface area (Å²) in [7, 11) is 0. The zero-order chi connectivity index (χ0) is 50.2. The maximum Gasteiger partial charge on any atom is 0.303 e. The Morgan fingerprint density at radius 2 is 1.06 bits per heavy atom. The van der Waals surface area contributed by atoms with Gasteiger partial charge in [-0.25, -0.2) is 0 Å². The average Bonchev–Trinajstić information content (AvgIpc) is 3.73. The number of amides is 2. The summed E-state index contributed by atoms with van der Waals surface area (Å²) in [5.41, 5.74) is 1.08. The highest BCUT2D eigenvalue weighted by molar-refractivity contribution is 14.1. The van der Waals surface area contributed by atoms with Gasteiger partial charge in [-0.15, -0.1) is 0 Å². The zero-order valence-electron chi connectivity index (χ0n) is 35.6. The van der Waals surface area contributed by atoms with E-state index in [1.165, 1.54) is 13.8 Å². The molecule has 4 unspecified atom stereocenters. The molecule has 0 spiro atoms. The Morgan fingerprint density at radius 1 is 0.652 bits per heavy atom. The fourth-order valence-electron chi connectivity index (χ4n) is 6.27. The second-order valence-corrected chi connectivity index (χ2v) is 22.3. The number of esters is 2. The van der Waals surface area contributed by atoms with Gasteiger partial charge in [0.15, 0.2) is 36.4 Å². The zero-order valence-corrected chi connectivity index (χ0v) is 50.1. The molecule has 0 radical (unpaired) electrons. The molecule has 364 valence electrons. The normalized spacial score (nSPS) is 18.6. The largest absolute Gasteiger partial charge is 0.456 e. The van der Waals surface area contributed by atoms with Gasteiger partial charge in [-0.3, -0.25) is 38.4 Å². The van der Waals surface area contributed by atoms with E-state index in [-0.39, 0.29) is 84.1 Å². The van der Waals surface area contributed by atoms with Gasteiger partial charge in [0, 0.05) is 52.1 Å². The molecule has 0 aromatic heterocycles. The minimum absolute atomic E-state index is 0.0369. The topological polar surface area (TPSA) is 256 Å². The van der Waals surface area contributed by atoms with Crippen LogP contribution in [0.2, 0.25) is 0 Å².